The number of nitrogens with zero attached hydrogens (tertiary/aromatic N) is 1. The van der Waals surface area contributed by atoms with Gasteiger partial charge in [0, 0.05) is 18.0 Å². The maximum Gasteiger partial charge on any atom is 0.170 e. The fraction of sp³-hybridized carbons (Fsp3) is 0.381. The number of rotatable bonds is 8. The van der Waals surface area contributed by atoms with Crippen molar-refractivity contribution in [2.45, 2.75) is 26.2 Å². The fourth-order valence-electron chi connectivity index (χ4n) is 2.79. The Labute approximate surface area is 145 Å². The molecule has 1 unspecified atom stereocenters. The number of benzene rings is 2. The molecule has 0 aliphatic carbocycles. The van der Waals surface area contributed by atoms with Crippen molar-refractivity contribution < 1.29 is 9.53 Å². The first-order valence-corrected chi connectivity index (χ1v) is 8.50. The molecule has 0 aromatic heterocycles. The van der Waals surface area contributed by atoms with Crippen molar-refractivity contribution in [3.05, 3.63) is 65.2 Å². The summed E-state index contributed by atoms with van der Waals surface area (Å²) in [5.74, 6) is 0.885. The van der Waals surface area contributed by atoms with Crippen LogP contribution in [0.2, 0.25) is 0 Å². The van der Waals surface area contributed by atoms with E-state index in [0.717, 1.165) is 29.8 Å². The summed E-state index contributed by atoms with van der Waals surface area (Å²) in [6.45, 7) is 5.63. The SMILES string of the molecule is CCC(C(=O)c1ccc(OCCN(C)C)cc1)c1ccccc1C. The summed E-state index contributed by atoms with van der Waals surface area (Å²) in [5.41, 5.74) is 3.03. The lowest BCUT2D eigenvalue weighted by Crippen LogP contribution is -2.19. The van der Waals surface area contributed by atoms with Crippen molar-refractivity contribution in [3.63, 3.8) is 0 Å². The quantitative estimate of drug-likeness (QED) is 0.677. The molecule has 0 N–H and O–H groups in total. The van der Waals surface area contributed by atoms with Crippen molar-refractivity contribution >= 4 is 5.78 Å². The number of carbonyl (C=O) groups excluding carboxylic acids is 1. The minimum atomic E-state index is -0.0910. The van der Waals surface area contributed by atoms with Crippen LogP contribution < -0.4 is 4.74 Å². The van der Waals surface area contributed by atoms with Gasteiger partial charge in [0.15, 0.2) is 5.78 Å². The van der Waals surface area contributed by atoms with Crippen molar-refractivity contribution in [3.8, 4) is 5.75 Å². The third-order valence-electron chi connectivity index (χ3n) is 4.23. The van der Waals surface area contributed by atoms with Crippen molar-refractivity contribution in [1.82, 2.24) is 4.90 Å². The molecule has 1 atom stereocenters. The van der Waals surface area contributed by atoms with E-state index in [-0.39, 0.29) is 11.7 Å². The molecular weight excluding hydrogens is 298 g/mol. The van der Waals surface area contributed by atoms with Crippen LogP contribution in [0.25, 0.3) is 0 Å². The average Bonchev–Trinajstić information content (AvgIpc) is 2.57. The molecule has 2 aromatic carbocycles. The maximum atomic E-state index is 12.9. The number of carbonyl (C=O) groups is 1. The number of ketones is 1. The third-order valence-corrected chi connectivity index (χ3v) is 4.23. The van der Waals surface area contributed by atoms with E-state index in [1.54, 1.807) is 0 Å². The molecule has 0 amide bonds. The second-order valence-corrected chi connectivity index (χ2v) is 6.36. The van der Waals surface area contributed by atoms with E-state index in [1.807, 2.05) is 50.5 Å². The zero-order chi connectivity index (χ0) is 17.5. The Morgan fingerprint density at radius 3 is 2.33 bits per heavy atom. The van der Waals surface area contributed by atoms with Gasteiger partial charge in [-0.05, 0) is 62.8 Å². The van der Waals surface area contributed by atoms with Gasteiger partial charge >= 0.3 is 0 Å². The number of ether oxygens (including phenoxy) is 1. The smallest absolute Gasteiger partial charge is 0.170 e. The number of Topliss-reactive ketones (excluding diaryl/α,β-unsaturated/α-hetero) is 1. The van der Waals surface area contributed by atoms with Crippen LogP contribution in [-0.2, 0) is 0 Å². The fourth-order valence-corrected chi connectivity index (χ4v) is 2.79. The topological polar surface area (TPSA) is 29.5 Å². The Balaban J connectivity index is 2.09. The van der Waals surface area contributed by atoms with Crippen LogP contribution in [0.15, 0.2) is 48.5 Å². The Bertz CT molecular complexity index is 662. The molecule has 2 rings (SSSR count). The normalized spacial score (nSPS) is 12.2. The Kier molecular flexibility index (Phi) is 6.56. The zero-order valence-corrected chi connectivity index (χ0v) is 15.1. The van der Waals surface area contributed by atoms with Crippen LogP contribution >= 0.6 is 0 Å². The molecule has 2 aromatic rings. The molecular formula is C21H27NO2. The summed E-state index contributed by atoms with van der Waals surface area (Å²) in [4.78, 5) is 15.0. The molecule has 0 saturated heterocycles. The monoisotopic (exact) mass is 325 g/mol. The summed E-state index contributed by atoms with van der Waals surface area (Å²) in [6, 6.07) is 15.6. The van der Waals surface area contributed by atoms with Crippen LogP contribution in [0.1, 0.15) is 40.7 Å². The highest BCUT2D eigenvalue weighted by molar-refractivity contribution is 6.01. The van der Waals surface area contributed by atoms with E-state index in [9.17, 15) is 4.79 Å². The van der Waals surface area contributed by atoms with E-state index >= 15 is 0 Å². The first kappa shape index (κ1) is 18.2. The van der Waals surface area contributed by atoms with Gasteiger partial charge in [-0.25, -0.2) is 0 Å². The van der Waals surface area contributed by atoms with E-state index in [1.165, 1.54) is 5.56 Å². The lowest BCUT2D eigenvalue weighted by atomic mass is 9.86. The minimum Gasteiger partial charge on any atom is -0.492 e. The van der Waals surface area contributed by atoms with Gasteiger partial charge in [-0.15, -0.1) is 0 Å². The molecule has 0 aliphatic rings. The molecule has 0 aliphatic heterocycles. The van der Waals surface area contributed by atoms with E-state index in [2.05, 4.69) is 30.9 Å². The van der Waals surface area contributed by atoms with Gasteiger partial charge in [0.1, 0.15) is 12.4 Å². The van der Waals surface area contributed by atoms with E-state index in [4.69, 9.17) is 4.74 Å². The first-order chi connectivity index (χ1) is 11.5. The van der Waals surface area contributed by atoms with Gasteiger partial charge in [-0.3, -0.25) is 4.79 Å². The molecule has 3 nitrogen and oxygen atoms in total. The minimum absolute atomic E-state index is 0.0910. The lowest BCUT2D eigenvalue weighted by Gasteiger charge is -2.17. The standard InChI is InChI=1S/C21H27NO2/c1-5-19(20-9-7-6-8-16(20)2)21(23)17-10-12-18(13-11-17)24-15-14-22(3)4/h6-13,19H,5,14-15H2,1-4H3. The van der Waals surface area contributed by atoms with Gasteiger partial charge < -0.3 is 9.64 Å². The lowest BCUT2D eigenvalue weighted by molar-refractivity contribution is 0.0957. The summed E-state index contributed by atoms with van der Waals surface area (Å²) in [6.07, 6.45) is 0.796. The van der Waals surface area contributed by atoms with Crippen molar-refractivity contribution in [2.75, 3.05) is 27.2 Å². The summed E-state index contributed by atoms with van der Waals surface area (Å²) < 4.78 is 5.69. The van der Waals surface area contributed by atoms with Gasteiger partial charge in [-0.1, -0.05) is 31.2 Å². The van der Waals surface area contributed by atoms with Crippen LogP contribution in [0.3, 0.4) is 0 Å². The average molecular weight is 325 g/mol. The summed E-state index contributed by atoms with van der Waals surface area (Å²) in [5, 5.41) is 0. The predicted molar refractivity (Wildman–Crippen MR) is 99.0 cm³/mol. The van der Waals surface area contributed by atoms with Gasteiger partial charge in [0.25, 0.3) is 0 Å². The highest BCUT2D eigenvalue weighted by Gasteiger charge is 2.21. The number of aryl methyl sites for hydroxylation is 1. The van der Waals surface area contributed by atoms with Crippen LogP contribution in [0.4, 0.5) is 0 Å². The van der Waals surface area contributed by atoms with Crippen molar-refractivity contribution in [1.29, 1.82) is 0 Å². The van der Waals surface area contributed by atoms with Gasteiger partial charge in [0.05, 0.1) is 0 Å². The van der Waals surface area contributed by atoms with Gasteiger partial charge in [0.2, 0.25) is 0 Å². The highest BCUT2D eigenvalue weighted by atomic mass is 16.5. The second-order valence-electron chi connectivity index (χ2n) is 6.36. The molecule has 0 radical (unpaired) electrons. The van der Waals surface area contributed by atoms with E-state index in [0.29, 0.717) is 6.61 Å². The molecule has 0 saturated carbocycles. The molecule has 128 valence electrons. The zero-order valence-electron chi connectivity index (χ0n) is 15.1. The third kappa shape index (κ3) is 4.68. The van der Waals surface area contributed by atoms with Crippen LogP contribution in [-0.4, -0.2) is 37.9 Å². The van der Waals surface area contributed by atoms with Crippen LogP contribution in [0, 0.1) is 6.92 Å². The number of likely N-dealkylation sites (N-methyl/N-ethyl adjacent to an activating group) is 1. The molecule has 0 spiro atoms. The first-order valence-electron chi connectivity index (χ1n) is 8.50. The molecule has 0 fully saturated rings. The van der Waals surface area contributed by atoms with E-state index < -0.39 is 0 Å². The highest BCUT2D eigenvalue weighted by Crippen LogP contribution is 2.27. The molecule has 24 heavy (non-hydrogen) atoms. The number of hydrogen-bond acceptors (Lipinski definition) is 3. The predicted octanol–water partition coefficient (Wildman–Crippen LogP) is 4.31. The largest absolute Gasteiger partial charge is 0.492 e. The maximum absolute atomic E-state index is 12.9. The Hall–Kier alpha value is -2.13. The van der Waals surface area contributed by atoms with Gasteiger partial charge in [-0.2, -0.15) is 0 Å². The molecule has 3 heteroatoms. The van der Waals surface area contributed by atoms with Crippen LogP contribution in [0.5, 0.6) is 5.75 Å². The Morgan fingerprint density at radius 2 is 1.75 bits per heavy atom. The number of hydrogen-bond donors (Lipinski definition) is 0. The molecule has 0 heterocycles. The van der Waals surface area contributed by atoms with Crippen molar-refractivity contribution in [2.24, 2.45) is 0 Å². The summed E-state index contributed by atoms with van der Waals surface area (Å²) >= 11 is 0. The Morgan fingerprint density at radius 1 is 1.08 bits per heavy atom. The summed E-state index contributed by atoms with van der Waals surface area (Å²) in [7, 11) is 4.03. The second kappa shape index (κ2) is 8.65. The molecule has 0 bridgehead atoms.